The summed E-state index contributed by atoms with van der Waals surface area (Å²) in [5.74, 6) is 0.807. The number of nitrogens with zero attached hydrogens (tertiary/aromatic N) is 1. The van der Waals surface area contributed by atoms with Crippen molar-refractivity contribution in [2.75, 3.05) is 0 Å². The number of aryl methyl sites for hydroxylation is 1. The lowest BCUT2D eigenvalue weighted by atomic mass is 10.1. The maximum absolute atomic E-state index is 13.1. The van der Waals surface area contributed by atoms with E-state index in [0.29, 0.717) is 18.7 Å². The Morgan fingerprint density at radius 2 is 1.65 bits per heavy atom. The quantitative estimate of drug-likeness (QED) is 0.542. The lowest BCUT2D eigenvalue weighted by Crippen LogP contribution is -2.30. The summed E-state index contributed by atoms with van der Waals surface area (Å²) in [5.41, 5.74) is 3.10. The molecule has 3 aromatic rings. The third-order valence-corrected chi connectivity index (χ3v) is 4.45. The van der Waals surface area contributed by atoms with E-state index in [-0.39, 0.29) is 5.91 Å². The van der Waals surface area contributed by atoms with E-state index in [1.165, 1.54) is 18.4 Å². The van der Waals surface area contributed by atoms with Crippen molar-refractivity contribution in [2.24, 2.45) is 0 Å². The molecule has 1 heterocycles. The molecule has 0 unspecified atom stereocenters. The lowest BCUT2D eigenvalue weighted by molar-refractivity contribution is 0.0717. The van der Waals surface area contributed by atoms with Gasteiger partial charge in [-0.05, 0) is 48.2 Å². The monoisotopic (exact) mass is 347 g/mol. The van der Waals surface area contributed by atoms with Crippen LogP contribution in [-0.2, 0) is 19.5 Å². The SMILES string of the molecule is CCCCc1ccc(C(=O)N(Cc2ccccc2)Cc2ccco2)cc1. The van der Waals surface area contributed by atoms with Gasteiger partial charge >= 0.3 is 0 Å². The number of furan rings is 1. The molecule has 0 atom stereocenters. The molecule has 1 aromatic heterocycles. The summed E-state index contributed by atoms with van der Waals surface area (Å²) in [6.45, 7) is 3.20. The van der Waals surface area contributed by atoms with Gasteiger partial charge in [0.2, 0.25) is 0 Å². The van der Waals surface area contributed by atoms with Gasteiger partial charge in [-0.1, -0.05) is 55.8 Å². The Labute approximate surface area is 155 Å². The minimum absolute atomic E-state index is 0.0206. The Morgan fingerprint density at radius 1 is 0.885 bits per heavy atom. The van der Waals surface area contributed by atoms with Crippen LogP contribution in [0.1, 0.15) is 47.0 Å². The number of unbranched alkanes of at least 4 members (excludes halogenated alkanes) is 1. The zero-order chi connectivity index (χ0) is 18.2. The van der Waals surface area contributed by atoms with E-state index in [2.05, 4.69) is 19.1 Å². The van der Waals surface area contributed by atoms with Crippen LogP contribution in [0.25, 0.3) is 0 Å². The number of carbonyl (C=O) groups excluding carboxylic acids is 1. The summed E-state index contributed by atoms with van der Waals surface area (Å²) in [6.07, 6.45) is 5.05. The molecule has 3 nitrogen and oxygen atoms in total. The van der Waals surface area contributed by atoms with Crippen LogP contribution in [0, 0.1) is 0 Å². The first kappa shape index (κ1) is 18.0. The molecule has 3 rings (SSSR count). The second kappa shape index (κ2) is 9.04. The second-order valence-electron chi connectivity index (χ2n) is 6.53. The van der Waals surface area contributed by atoms with Gasteiger partial charge in [0.15, 0.2) is 0 Å². The fourth-order valence-corrected chi connectivity index (χ4v) is 2.97. The molecular weight excluding hydrogens is 322 g/mol. The molecule has 134 valence electrons. The van der Waals surface area contributed by atoms with E-state index in [1.807, 2.05) is 59.5 Å². The van der Waals surface area contributed by atoms with Crippen molar-refractivity contribution in [3.8, 4) is 0 Å². The molecule has 2 aromatic carbocycles. The van der Waals surface area contributed by atoms with Gasteiger partial charge in [-0.25, -0.2) is 0 Å². The summed E-state index contributed by atoms with van der Waals surface area (Å²) in [4.78, 5) is 14.9. The number of amides is 1. The van der Waals surface area contributed by atoms with E-state index in [1.54, 1.807) is 6.26 Å². The normalized spacial score (nSPS) is 10.7. The van der Waals surface area contributed by atoms with Gasteiger partial charge in [-0.2, -0.15) is 0 Å². The zero-order valence-electron chi connectivity index (χ0n) is 15.2. The summed E-state index contributed by atoms with van der Waals surface area (Å²) < 4.78 is 5.46. The molecule has 3 heteroatoms. The molecule has 0 spiro atoms. The van der Waals surface area contributed by atoms with Crippen molar-refractivity contribution in [1.29, 1.82) is 0 Å². The van der Waals surface area contributed by atoms with Crippen LogP contribution in [0.15, 0.2) is 77.4 Å². The van der Waals surface area contributed by atoms with E-state index in [0.717, 1.165) is 17.7 Å². The minimum atomic E-state index is 0.0206. The van der Waals surface area contributed by atoms with E-state index < -0.39 is 0 Å². The smallest absolute Gasteiger partial charge is 0.254 e. The van der Waals surface area contributed by atoms with Gasteiger partial charge < -0.3 is 9.32 Å². The third-order valence-electron chi connectivity index (χ3n) is 4.45. The molecule has 0 fully saturated rings. The van der Waals surface area contributed by atoms with Crippen molar-refractivity contribution in [3.05, 3.63) is 95.4 Å². The molecule has 1 amide bonds. The Kier molecular flexibility index (Phi) is 6.26. The lowest BCUT2D eigenvalue weighted by Gasteiger charge is -2.22. The predicted molar refractivity (Wildman–Crippen MR) is 104 cm³/mol. The van der Waals surface area contributed by atoms with Gasteiger partial charge in [0.05, 0.1) is 12.8 Å². The summed E-state index contributed by atoms with van der Waals surface area (Å²) in [5, 5.41) is 0. The first-order valence-corrected chi connectivity index (χ1v) is 9.21. The van der Waals surface area contributed by atoms with Gasteiger partial charge in [0.1, 0.15) is 5.76 Å². The minimum Gasteiger partial charge on any atom is -0.467 e. The van der Waals surface area contributed by atoms with Crippen molar-refractivity contribution in [1.82, 2.24) is 4.90 Å². The van der Waals surface area contributed by atoms with Gasteiger partial charge in [0, 0.05) is 12.1 Å². The van der Waals surface area contributed by atoms with Crippen molar-refractivity contribution >= 4 is 5.91 Å². The van der Waals surface area contributed by atoms with E-state index >= 15 is 0 Å². The molecule has 0 saturated heterocycles. The molecule has 0 N–H and O–H groups in total. The maximum Gasteiger partial charge on any atom is 0.254 e. The highest BCUT2D eigenvalue weighted by Crippen LogP contribution is 2.16. The Hall–Kier alpha value is -2.81. The predicted octanol–water partition coefficient (Wildman–Crippen LogP) is 5.46. The first-order valence-electron chi connectivity index (χ1n) is 9.21. The first-order chi connectivity index (χ1) is 12.8. The molecular formula is C23H25NO2. The Morgan fingerprint density at radius 3 is 2.31 bits per heavy atom. The van der Waals surface area contributed by atoms with Crippen molar-refractivity contribution in [2.45, 2.75) is 39.3 Å². The van der Waals surface area contributed by atoms with Gasteiger partial charge in [-0.15, -0.1) is 0 Å². The summed E-state index contributed by atoms with van der Waals surface area (Å²) in [7, 11) is 0. The average Bonchev–Trinajstić information content (AvgIpc) is 3.20. The van der Waals surface area contributed by atoms with Crippen LogP contribution in [0.2, 0.25) is 0 Å². The topological polar surface area (TPSA) is 33.5 Å². The fraction of sp³-hybridized carbons (Fsp3) is 0.261. The van der Waals surface area contributed by atoms with Crippen molar-refractivity contribution < 1.29 is 9.21 Å². The van der Waals surface area contributed by atoms with E-state index in [4.69, 9.17) is 4.42 Å². The number of carbonyl (C=O) groups is 1. The van der Waals surface area contributed by atoms with Crippen LogP contribution in [0.4, 0.5) is 0 Å². The number of hydrogen-bond donors (Lipinski definition) is 0. The highest BCUT2D eigenvalue weighted by Gasteiger charge is 2.17. The second-order valence-corrected chi connectivity index (χ2v) is 6.53. The molecule has 0 aliphatic carbocycles. The number of rotatable bonds is 8. The molecule has 0 bridgehead atoms. The molecule has 26 heavy (non-hydrogen) atoms. The highest BCUT2D eigenvalue weighted by molar-refractivity contribution is 5.94. The molecule has 0 saturated carbocycles. The zero-order valence-corrected chi connectivity index (χ0v) is 15.2. The molecule has 0 aliphatic rings. The van der Waals surface area contributed by atoms with Gasteiger partial charge in [0.25, 0.3) is 5.91 Å². The van der Waals surface area contributed by atoms with Crippen LogP contribution in [0.5, 0.6) is 0 Å². The third kappa shape index (κ3) is 4.85. The molecule has 0 radical (unpaired) electrons. The fourth-order valence-electron chi connectivity index (χ4n) is 2.97. The number of hydrogen-bond acceptors (Lipinski definition) is 2. The van der Waals surface area contributed by atoms with Crippen molar-refractivity contribution in [3.63, 3.8) is 0 Å². The van der Waals surface area contributed by atoms with Crippen LogP contribution >= 0.6 is 0 Å². The van der Waals surface area contributed by atoms with Crippen LogP contribution in [0.3, 0.4) is 0 Å². The average molecular weight is 347 g/mol. The van der Waals surface area contributed by atoms with Crippen LogP contribution in [-0.4, -0.2) is 10.8 Å². The van der Waals surface area contributed by atoms with Gasteiger partial charge in [-0.3, -0.25) is 4.79 Å². The Balaban J connectivity index is 1.77. The van der Waals surface area contributed by atoms with E-state index in [9.17, 15) is 4.79 Å². The Bertz CT molecular complexity index is 792. The largest absolute Gasteiger partial charge is 0.467 e. The summed E-state index contributed by atoms with van der Waals surface area (Å²) in [6, 6.07) is 21.8. The standard InChI is InChI=1S/C23H25NO2/c1-2-3-8-19-12-14-21(15-13-19)23(25)24(18-22-11-7-16-26-22)17-20-9-5-4-6-10-20/h4-7,9-16H,2-3,8,17-18H2,1H3. The number of benzene rings is 2. The maximum atomic E-state index is 13.1. The molecule has 0 aliphatic heterocycles. The highest BCUT2D eigenvalue weighted by atomic mass is 16.3. The van der Waals surface area contributed by atoms with Crippen LogP contribution < -0.4 is 0 Å². The summed E-state index contributed by atoms with van der Waals surface area (Å²) >= 11 is 0.